The highest BCUT2D eigenvalue weighted by molar-refractivity contribution is 5.87. The molecule has 0 aromatic rings. The summed E-state index contributed by atoms with van der Waals surface area (Å²) in [5, 5.41) is 21.4. The fourth-order valence-electron chi connectivity index (χ4n) is 8.58. The summed E-state index contributed by atoms with van der Waals surface area (Å²) >= 11 is 0. The normalized spacial score (nSPS) is 45.2. The molecule has 0 spiro atoms. The minimum absolute atomic E-state index is 0.171. The number of carbonyl (C=O) groups excluding carboxylic acids is 1. The first-order chi connectivity index (χ1) is 15.7. The molecule has 2 N–H and O–H groups in total. The number of aliphatic hydroxyl groups is 2. The first-order valence-electron chi connectivity index (χ1n) is 13.5. The van der Waals surface area contributed by atoms with E-state index in [1.54, 1.807) is 0 Å². The first-order valence-corrected chi connectivity index (χ1v) is 13.5. The molecule has 4 aliphatic carbocycles. The van der Waals surface area contributed by atoms with Crippen LogP contribution in [0.15, 0.2) is 11.6 Å². The van der Waals surface area contributed by atoms with Crippen molar-refractivity contribution in [2.45, 2.75) is 104 Å². The van der Waals surface area contributed by atoms with Gasteiger partial charge in [0.05, 0.1) is 18.3 Å². The first kappa shape index (κ1) is 25.2. The van der Waals surface area contributed by atoms with Crippen molar-refractivity contribution in [3.63, 3.8) is 0 Å². The number of allylic oxidation sites excluding steroid dienone is 1. The average Bonchev–Trinajstić information content (AvgIpc) is 3.05. The van der Waals surface area contributed by atoms with Crippen molar-refractivity contribution < 1.29 is 24.5 Å². The van der Waals surface area contributed by atoms with Crippen molar-refractivity contribution in [3.05, 3.63) is 11.6 Å². The number of ether oxygens (including phenoxy) is 2. The van der Waals surface area contributed by atoms with E-state index in [-0.39, 0.29) is 29.3 Å². The molecule has 188 valence electrons. The van der Waals surface area contributed by atoms with Gasteiger partial charge in [-0.2, -0.15) is 0 Å². The van der Waals surface area contributed by atoms with E-state index in [1.165, 1.54) is 19.3 Å². The maximum atomic E-state index is 12.3. The van der Waals surface area contributed by atoms with E-state index >= 15 is 0 Å². The number of fused-ring (bicyclic) bond motifs is 5. The van der Waals surface area contributed by atoms with Crippen molar-refractivity contribution in [2.24, 2.45) is 34.5 Å². The zero-order valence-electron chi connectivity index (χ0n) is 21.3. The maximum Gasteiger partial charge on any atom is 0.333 e. The van der Waals surface area contributed by atoms with E-state index in [2.05, 4.69) is 19.9 Å². The third-order valence-electron chi connectivity index (χ3n) is 10.6. The molecule has 0 aromatic heterocycles. The summed E-state index contributed by atoms with van der Waals surface area (Å²) in [5.74, 6) is 1.60. The molecule has 0 heterocycles. The molecule has 0 amide bonds. The monoisotopic (exact) mass is 462 g/mol. The largest absolute Gasteiger partial charge is 0.463 e. The zero-order valence-corrected chi connectivity index (χ0v) is 21.3. The fraction of sp³-hybridized carbons (Fsp3) is 0.893. The van der Waals surface area contributed by atoms with Crippen LogP contribution in [-0.2, 0) is 14.3 Å². The summed E-state index contributed by atoms with van der Waals surface area (Å²) in [4.78, 5) is 12.2. The second-order valence-electron chi connectivity index (χ2n) is 11.9. The highest BCUT2D eigenvalue weighted by Crippen LogP contribution is 2.69. The molecule has 5 heteroatoms. The molecule has 0 aromatic carbocycles. The van der Waals surface area contributed by atoms with Crippen LogP contribution in [0.1, 0.15) is 91.9 Å². The quantitative estimate of drug-likeness (QED) is 0.315. The summed E-state index contributed by atoms with van der Waals surface area (Å²) in [5.41, 5.74) is 0.153. The van der Waals surface area contributed by atoms with Gasteiger partial charge in [0.2, 0.25) is 0 Å². The second-order valence-corrected chi connectivity index (χ2v) is 11.9. The van der Waals surface area contributed by atoms with Crippen LogP contribution in [0.2, 0.25) is 0 Å². The average molecular weight is 463 g/mol. The molecular weight excluding hydrogens is 416 g/mol. The Bertz CT molecular complexity index is 749. The van der Waals surface area contributed by atoms with Crippen LogP contribution in [0.4, 0.5) is 0 Å². The Balaban J connectivity index is 1.50. The number of esters is 1. The van der Waals surface area contributed by atoms with Crippen LogP contribution in [0.5, 0.6) is 0 Å². The summed E-state index contributed by atoms with van der Waals surface area (Å²) in [7, 11) is 0. The predicted molar refractivity (Wildman–Crippen MR) is 129 cm³/mol. The van der Waals surface area contributed by atoms with Gasteiger partial charge in [-0.05, 0) is 107 Å². The molecule has 0 radical (unpaired) electrons. The molecule has 8 atom stereocenters. The van der Waals surface area contributed by atoms with Crippen LogP contribution >= 0.6 is 0 Å². The lowest BCUT2D eigenvalue weighted by Gasteiger charge is -2.63. The Kier molecular flexibility index (Phi) is 7.34. The SMILES string of the molecule is CCOC(=O)/C(C)=C/[C@H]1CC[C@]2(O)[C@@H]3CC[C@@H]4C[C@@H](OCCCO)CC[C@]4(C)[C@H]3CC[C@]12C. The minimum Gasteiger partial charge on any atom is -0.463 e. The van der Waals surface area contributed by atoms with E-state index < -0.39 is 5.60 Å². The maximum absolute atomic E-state index is 12.3. The van der Waals surface area contributed by atoms with E-state index in [0.717, 1.165) is 44.9 Å². The Morgan fingerprint density at radius 1 is 1.06 bits per heavy atom. The topological polar surface area (TPSA) is 76.0 Å². The molecule has 4 fully saturated rings. The van der Waals surface area contributed by atoms with Gasteiger partial charge < -0.3 is 19.7 Å². The lowest BCUT2D eigenvalue weighted by atomic mass is 9.43. The van der Waals surface area contributed by atoms with Crippen LogP contribution < -0.4 is 0 Å². The van der Waals surface area contributed by atoms with Crippen LogP contribution in [0.25, 0.3) is 0 Å². The summed E-state index contributed by atoms with van der Waals surface area (Å²) in [6.07, 6.45) is 12.9. The highest BCUT2D eigenvalue weighted by atomic mass is 16.5. The van der Waals surface area contributed by atoms with Crippen LogP contribution in [-0.4, -0.2) is 47.7 Å². The van der Waals surface area contributed by atoms with E-state index in [9.17, 15) is 9.90 Å². The highest BCUT2D eigenvalue weighted by Gasteiger charge is 2.66. The molecule has 0 unspecified atom stereocenters. The Labute approximate surface area is 200 Å². The van der Waals surface area contributed by atoms with E-state index in [4.69, 9.17) is 14.6 Å². The van der Waals surface area contributed by atoms with Crippen molar-refractivity contribution in [1.82, 2.24) is 0 Å². The Morgan fingerprint density at radius 2 is 1.85 bits per heavy atom. The number of hydrogen-bond donors (Lipinski definition) is 2. The molecular formula is C28H46O5. The van der Waals surface area contributed by atoms with Gasteiger partial charge in [-0.15, -0.1) is 0 Å². The van der Waals surface area contributed by atoms with Crippen molar-refractivity contribution in [1.29, 1.82) is 0 Å². The standard InChI is InChI=1S/C28H46O5/c1-5-32-25(30)19(2)17-21-9-14-28(31)24-8-7-20-18-22(33-16-6-15-29)10-12-26(20,3)23(24)11-13-27(21,28)4/h17,20-24,29,31H,5-16,18H2,1-4H3/b19-17+/t20-,21-,22+,23+,24-,26+,27-,28+/m1/s1. The summed E-state index contributed by atoms with van der Waals surface area (Å²) in [6.45, 7) is 9.75. The lowest BCUT2D eigenvalue weighted by molar-refractivity contribution is -0.209. The molecule has 0 saturated heterocycles. The molecule has 4 saturated carbocycles. The molecule has 4 aliphatic rings. The van der Waals surface area contributed by atoms with Crippen LogP contribution in [0.3, 0.4) is 0 Å². The lowest BCUT2D eigenvalue weighted by Crippen LogP contribution is -2.62. The second kappa shape index (κ2) is 9.62. The van der Waals surface area contributed by atoms with Gasteiger partial charge >= 0.3 is 5.97 Å². The fourth-order valence-corrected chi connectivity index (χ4v) is 8.58. The van der Waals surface area contributed by atoms with Crippen molar-refractivity contribution >= 4 is 5.97 Å². The van der Waals surface area contributed by atoms with Crippen LogP contribution in [0, 0.1) is 34.5 Å². The zero-order chi connectivity index (χ0) is 23.9. The van der Waals surface area contributed by atoms with Crippen molar-refractivity contribution in [2.75, 3.05) is 19.8 Å². The summed E-state index contributed by atoms with van der Waals surface area (Å²) < 4.78 is 11.3. The molecule has 0 bridgehead atoms. The minimum atomic E-state index is -0.644. The van der Waals surface area contributed by atoms with Gasteiger partial charge in [-0.1, -0.05) is 19.9 Å². The Hall–Kier alpha value is -0.910. The molecule has 0 aliphatic heterocycles. The number of hydrogen-bond acceptors (Lipinski definition) is 5. The molecule has 4 rings (SSSR count). The van der Waals surface area contributed by atoms with Gasteiger partial charge in [0, 0.05) is 24.2 Å². The Morgan fingerprint density at radius 3 is 2.58 bits per heavy atom. The number of rotatable bonds is 7. The third kappa shape index (κ3) is 4.21. The summed E-state index contributed by atoms with van der Waals surface area (Å²) in [6, 6.07) is 0. The van der Waals surface area contributed by atoms with Gasteiger partial charge in [-0.3, -0.25) is 0 Å². The van der Waals surface area contributed by atoms with Gasteiger partial charge in [-0.25, -0.2) is 4.79 Å². The number of carbonyl (C=O) groups is 1. The van der Waals surface area contributed by atoms with Gasteiger partial charge in [0.1, 0.15) is 0 Å². The molecule has 33 heavy (non-hydrogen) atoms. The van der Waals surface area contributed by atoms with Crippen molar-refractivity contribution in [3.8, 4) is 0 Å². The van der Waals surface area contributed by atoms with E-state index in [0.29, 0.717) is 42.6 Å². The predicted octanol–water partition coefficient (Wildman–Crippen LogP) is 5.04. The van der Waals surface area contributed by atoms with Gasteiger partial charge in [0.15, 0.2) is 0 Å². The van der Waals surface area contributed by atoms with Gasteiger partial charge in [0.25, 0.3) is 0 Å². The smallest absolute Gasteiger partial charge is 0.333 e. The molecule has 5 nitrogen and oxygen atoms in total. The van der Waals surface area contributed by atoms with E-state index in [1.807, 2.05) is 13.8 Å². The number of aliphatic hydroxyl groups excluding tert-OH is 1. The third-order valence-corrected chi connectivity index (χ3v) is 10.6.